The summed E-state index contributed by atoms with van der Waals surface area (Å²) < 4.78 is 66.9. The molecular formula is C47H60F3N7O4Si. The van der Waals surface area contributed by atoms with Gasteiger partial charge < -0.3 is 29.3 Å². The van der Waals surface area contributed by atoms with Crippen LogP contribution in [0.15, 0.2) is 30.5 Å². The zero-order valence-electron chi connectivity index (χ0n) is 37.5. The molecule has 8 rings (SSSR count). The number of nitrogens with zero attached hydrogens (tertiary/aromatic N) is 6. The SMILES string of the molecule is COC[C@@]12CC[C@@H](CN(c3nc(OC[C@@]45CCCN4C[C@H](F)C5)nc4c(F)c(-c5cc(OC(=O)N(C)C)cc6ccc(F)c(C#C[Si](C(C)C)(C(C)C)C(C)C)c56)ncc34)C1)N2. The highest BCUT2D eigenvalue weighted by Gasteiger charge is 2.50. The van der Waals surface area contributed by atoms with Crippen molar-refractivity contribution >= 4 is 41.7 Å². The molecule has 0 aliphatic carbocycles. The van der Waals surface area contributed by atoms with Gasteiger partial charge in [0, 0.05) is 70.4 Å². The second-order valence-electron chi connectivity index (χ2n) is 19.3. The highest BCUT2D eigenvalue weighted by atomic mass is 28.3. The van der Waals surface area contributed by atoms with Crippen LogP contribution in [0.4, 0.5) is 23.8 Å². The topological polar surface area (TPSA) is 105 Å². The number of carbonyl (C=O) groups is 1. The molecule has 4 saturated heterocycles. The van der Waals surface area contributed by atoms with Gasteiger partial charge in [0.05, 0.1) is 28.6 Å². The second kappa shape index (κ2) is 16.9. The molecule has 2 aromatic carbocycles. The highest BCUT2D eigenvalue weighted by molar-refractivity contribution is 6.90. The molecule has 332 valence electrons. The van der Waals surface area contributed by atoms with E-state index in [1.807, 2.05) is 0 Å². The number of halogens is 3. The van der Waals surface area contributed by atoms with Crippen LogP contribution in [0, 0.1) is 23.1 Å². The van der Waals surface area contributed by atoms with Crippen molar-refractivity contribution in [1.82, 2.24) is 30.1 Å². The van der Waals surface area contributed by atoms with Crippen LogP contribution >= 0.6 is 0 Å². The second-order valence-corrected chi connectivity index (χ2v) is 24.8. The van der Waals surface area contributed by atoms with E-state index in [-0.39, 0.29) is 68.9 Å². The van der Waals surface area contributed by atoms with Crippen LogP contribution in [0.5, 0.6) is 11.8 Å². The molecule has 4 aliphatic rings. The first kappa shape index (κ1) is 44.1. The Hall–Kier alpha value is -4.49. The van der Waals surface area contributed by atoms with Crippen LogP contribution in [-0.4, -0.2) is 123 Å². The molecule has 1 N–H and O–H groups in total. The number of nitrogens with one attached hydrogen (secondary N) is 1. The van der Waals surface area contributed by atoms with Crippen molar-refractivity contribution < 1.29 is 32.2 Å². The first-order chi connectivity index (χ1) is 29.5. The zero-order chi connectivity index (χ0) is 44.3. The predicted molar refractivity (Wildman–Crippen MR) is 239 cm³/mol. The van der Waals surface area contributed by atoms with Gasteiger partial charge in [0.2, 0.25) is 0 Å². The van der Waals surface area contributed by atoms with Crippen molar-refractivity contribution in [3.8, 4) is 34.5 Å². The lowest BCUT2D eigenvalue weighted by atomic mass is 9.95. The summed E-state index contributed by atoms with van der Waals surface area (Å²) in [7, 11) is 2.47. The maximum Gasteiger partial charge on any atom is 0.414 e. The third-order valence-corrected chi connectivity index (χ3v) is 20.4. The largest absolute Gasteiger partial charge is 0.461 e. The number of pyridine rings is 1. The summed E-state index contributed by atoms with van der Waals surface area (Å²) in [4.78, 5) is 33.0. The van der Waals surface area contributed by atoms with Gasteiger partial charge in [-0.2, -0.15) is 9.97 Å². The van der Waals surface area contributed by atoms with Gasteiger partial charge in [-0.05, 0) is 72.4 Å². The van der Waals surface area contributed by atoms with E-state index in [0.29, 0.717) is 54.6 Å². The number of ether oxygens (including phenoxy) is 3. The molecule has 4 atom stereocenters. The fourth-order valence-corrected chi connectivity index (χ4v) is 16.5. The van der Waals surface area contributed by atoms with E-state index in [9.17, 15) is 9.18 Å². The standard InChI is InChI=1S/C47H60F3N7O4Si/c1-28(2)62(29(3)4,30(5)6)18-14-35-38(49)12-11-31-19-34(61-45(58)55(7)8)20-36(39(31)35)41-40(50)42-37(22-51-41)43(56-24-33-13-16-46(25-56,54-33)26-59-9)53-44(52-42)60-27-47-15-10-17-57(47)23-32(48)21-47/h11-12,19-20,22,28-30,32-33,54H,10,13,15-17,21,23-27H2,1-9H3/t32-,33+,46-,47+/m1/s1. The van der Waals surface area contributed by atoms with Crippen molar-refractivity contribution in [1.29, 1.82) is 0 Å². The summed E-state index contributed by atoms with van der Waals surface area (Å²) in [6.45, 7) is 16.1. The third-order valence-electron chi connectivity index (χ3n) is 14.1. The van der Waals surface area contributed by atoms with Crippen LogP contribution in [0.25, 0.3) is 32.9 Å². The fraction of sp³-hybridized carbons (Fsp3) is 0.574. The number of alkyl halides is 1. The molecule has 1 amide bonds. The normalized spacial score (nSPS) is 23.8. The summed E-state index contributed by atoms with van der Waals surface area (Å²) in [5, 5.41) is 4.96. The van der Waals surface area contributed by atoms with Crippen molar-refractivity contribution in [3.05, 3.63) is 47.7 Å². The van der Waals surface area contributed by atoms with Gasteiger partial charge in [-0.1, -0.05) is 53.5 Å². The fourth-order valence-electron chi connectivity index (χ4n) is 11.3. The number of hydrogen-bond acceptors (Lipinski definition) is 10. The van der Waals surface area contributed by atoms with Gasteiger partial charge in [0.1, 0.15) is 49.4 Å². The number of piperazine rings is 1. The van der Waals surface area contributed by atoms with Gasteiger partial charge in [-0.25, -0.2) is 18.0 Å². The van der Waals surface area contributed by atoms with Crippen molar-refractivity contribution in [3.63, 3.8) is 0 Å². The lowest BCUT2D eigenvalue weighted by Crippen LogP contribution is -2.61. The van der Waals surface area contributed by atoms with Gasteiger partial charge in [0.25, 0.3) is 0 Å². The van der Waals surface area contributed by atoms with E-state index >= 15 is 8.78 Å². The van der Waals surface area contributed by atoms with Crippen LogP contribution in [-0.2, 0) is 4.74 Å². The van der Waals surface area contributed by atoms with Crippen LogP contribution in [0.2, 0.25) is 16.6 Å². The van der Waals surface area contributed by atoms with Gasteiger partial charge in [-0.3, -0.25) is 9.88 Å². The van der Waals surface area contributed by atoms with Gasteiger partial charge in [0.15, 0.2) is 5.82 Å². The maximum absolute atomic E-state index is 17.9. The van der Waals surface area contributed by atoms with Gasteiger partial charge in [-0.15, -0.1) is 5.54 Å². The number of aromatic nitrogens is 3. The number of rotatable bonds is 11. The molecule has 2 bridgehead atoms. The number of amides is 1. The van der Waals surface area contributed by atoms with Crippen molar-refractivity contribution in [2.45, 2.75) is 114 Å². The van der Waals surface area contributed by atoms with E-state index in [4.69, 9.17) is 29.2 Å². The number of hydrogen-bond donors (Lipinski definition) is 1. The van der Waals surface area contributed by atoms with Crippen molar-refractivity contribution in [2.24, 2.45) is 0 Å². The Morgan fingerprint density at radius 1 is 1.05 bits per heavy atom. The van der Waals surface area contributed by atoms with E-state index in [2.05, 4.69) is 68.1 Å². The number of methoxy groups -OCH3 is 1. The van der Waals surface area contributed by atoms with E-state index < -0.39 is 37.5 Å². The molecule has 6 heterocycles. The molecule has 11 nitrogen and oxygen atoms in total. The van der Waals surface area contributed by atoms with E-state index in [0.717, 1.165) is 32.2 Å². The molecule has 0 unspecified atom stereocenters. The Morgan fingerprint density at radius 3 is 2.52 bits per heavy atom. The first-order valence-corrected chi connectivity index (χ1v) is 24.3. The highest BCUT2D eigenvalue weighted by Crippen LogP contribution is 2.44. The Kier molecular flexibility index (Phi) is 12.0. The molecule has 4 aliphatic heterocycles. The number of anilines is 1. The Balaban J connectivity index is 1.33. The third kappa shape index (κ3) is 7.79. The summed E-state index contributed by atoms with van der Waals surface area (Å²) >= 11 is 0. The van der Waals surface area contributed by atoms with E-state index in [1.54, 1.807) is 39.5 Å². The van der Waals surface area contributed by atoms with Crippen LogP contribution in [0.1, 0.15) is 79.2 Å². The summed E-state index contributed by atoms with van der Waals surface area (Å²) in [6.07, 6.45) is 3.91. The Bertz CT molecular complexity index is 2420. The Morgan fingerprint density at radius 2 is 1.81 bits per heavy atom. The van der Waals surface area contributed by atoms with Crippen LogP contribution in [0.3, 0.4) is 0 Å². The minimum atomic E-state index is -2.35. The average Bonchev–Trinajstić information content (AvgIpc) is 3.85. The molecule has 15 heteroatoms. The molecule has 0 radical (unpaired) electrons. The zero-order valence-corrected chi connectivity index (χ0v) is 38.5. The lowest BCUT2D eigenvalue weighted by Gasteiger charge is -2.41. The molecule has 2 aromatic heterocycles. The van der Waals surface area contributed by atoms with E-state index in [1.165, 1.54) is 17.0 Å². The quantitative estimate of drug-likeness (QED) is 0.116. The average molecular weight is 872 g/mol. The molecule has 4 aromatic rings. The van der Waals surface area contributed by atoms with Crippen molar-refractivity contribution in [2.75, 3.05) is 65.5 Å². The summed E-state index contributed by atoms with van der Waals surface area (Å²) in [5.74, 6) is 2.59. The smallest absolute Gasteiger partial charge is 0.414 e. The maximum atomic E-state index is 17.9. The first-order valence-electron chi connectivity index (χ1n) is 22.1. The number of fused-ring (bicyclic) bond motifs is 5. The number of carbonyl (C=O) groups excluding carboxylic acids is 1. The molecule has 62 heavy (non-hydrogen) atoms. The predicted octanol–water partition coefficient (Wildman–Crippen LogP) is 8.67. The molecule has 4 fully saturated rings. The molecular weight excluding hydrogens is 812 g/mol. The molecule has 0 saturated carbocycles. The summed E-state index contributed by atoms with van der Waals surface area (Å²) in [5.41, 5.74) is 3.87. The molecule has 0 spiro atoms. The summed E-state index contributed by atoms with van der Waals surface area (Å²) in [6, 6.07) is 6.23. The lowest BCUT2D eigenvalue weighted by molar-refractivity contribution is 0.107. The minimum absolute atomic E-state index is 0.0211. The number of benzene rings is 2. The van der Waals surface area contributed by atoms with Crippen LogP contribution < -0.4 is 19.7 Å². The minimum Gasteiger partial charge on any atom is -0.461 e. The van der Waals surface area contributed by atoms with Gasteiger partial charge >= 0.3 is 12.1 Å². The Labute approximate surface area is 364 Å². The monoisotopic (exact) mass is 871 g/mol.